The van der Waals surface area contributed by atoms with Crippen LogP contribution in [0.15, 0.2) is 12.3 Å². The monoisotopic (exact) mass is 318 g/mol. The van der Waals surface area contributed by atoms with Gasteiger partial charge in [0.25, 0.3) is 0 Å². The molecule has 0 bridgehead atoms. The first-order valence-electron chi connectivity index (χ1n) is 6.46. The van der Waals surface area contributed by atoms with Gasteiger partial charge >= 0.3 is 6.09 Å². The average molecular weight is 319 g/mol. The van der Waals surface area contributed by atoms with Crippen LogP contribution in [0.4, 0.5) is 4.79 Å². The SMILES string of the molecule is CC[C@H](NC(=O)OC(C)(C)C)c1ncc(Cl)cc1CCl. The zero-order valence-corrected chi connectivity index (χ0v) is 13.7. The normalized spacial score (nSPS) is 12.9. The van der Waals surface area contributed by atoms with Crippen molar-refractivity contribution in [3.8, 4) is 0 Å². The topological polar surface area (TPSA) is 51.2 Å². The highest BCUT2D eigenvalue weighted by atomic mass is 35.5. The van der Waals surface area contributed by atoms with Crippen molar-refractivity contribution in [2.24, 2.45) is 0 Å². The van der Waals surface area contributed by atoms with Crippen LogP contribution in [0.1, 0.15) is 51.4 Å². The van der Waals surface area contributed by atoms with Gasteiger partial charge in [-0.2, -0.15) is 0 Å². The smallest absolute Gasteiger partial charge is 0.408 e. The molecule has 0 aliphatic heterocycles. The Balaban J connectivity index is 2.89. The summed E-state index contributed by atoms with van der Waals surface area (Å²) >= 11 is 11.8. The van der Waals surface area contributed by atoms with E-state index in [1.165, 1.54) is 0 Å². The fourth-order valence-corrected chi connectivity index (χ4v) is 2.12. The molecule has 4 nitrogen and oxygen atoms in total. The Labute approximate surface area is 129 Å². The van der Waals surface area contributed by atoms with Gasteiger partial charge in [0.2, 0.25) is 0 Å². The summed E-state index contributed by atoms with van der Waals surface area (Å²) in [6.45, 7) is 7.41. The zero-order chi connectivity index (χ0) is 15.3. The van der Waals surface area contributed by atoms with Gasteiger partial charge in [-0.1, -0.05) is 18.5 Å². The summed E-state index contributed by atoms with van der Waals surface area (Å²) in [7, 11) is 0. The molecule has 1 atom stereocenters. The highest BCUT2D eigenvalue weighted by molar-refractivity contribution is 6.30. The summed E-state index contributed by atoms with van der Waals surface area (Å²) in [5, 5.41) is 3.33. The standard InChI is InChI=1S/C14H20Cl2N2O2/c1-5-11(18-13(19)20-14(2,3)4)12-9(7-15)6-10(16)8-17-12/h6,8,11H,5,7H2,1-4H3,(H,18,19)/t11-/m0/s1. The number of alkyl halides is 1. The fraction of sp³-hybridized carbons (Fsp3) is 0.571. The van der Waals surface area contributed by atoms with Crippen LogP contribution >= 0.6 is 23.2 Å². The predicted molar refractivity (Wildman–Crippen MR) is 81.2 cm³/mol. The van der Waals surface area contributed by atoms with Gasteiger partial charge in [0, 0.05) is 12.1 Å². The minimum Gasteiger partial charge on any atom is -0.444 e. The Morgan fingerprint density at radius 3 is 2.65 bits per heavy atom. The molecule has 0 fully saturated rings. The lowest BCUT2D eigenvalue weighted by Gasteiger charge is -2.23. The van der Waals surface area contributed by atoms with Crippen molar-refractivity contribution in [1.82, 2.24) is 10.3 Å². The number of ether oxygens (including phenoxy) is 1. The Kier molecular flexibility index (Phi) is 6.08. The number of hydrogen-bond acceptors (Lipinski definition) is 3. The highest BCUT2D eigenvalue weighted by Crippen LogP contribution is 2.23. The first-order valence-corrected chi connectivity index (χ1v) is 7.38. The van der Waals surface area contributed by atoms with Crippen LogP contribution in [-0.4, -0.2) is 16.7 Å². The maximum atomic E-state index is 11.8. The number of rotatable bonds is 4. The lowest BCUT2D eigenvalue weighted by atomic mass is 10.1. The van der Waals surface area contributed by atoms with Crippen LogP contribution in [0, 0.1) is 0 Å². The summed E-state index contributed by atoms with van der Waals surface area (Å²) in [5.41, 5.74) is 0.991. The summed E-state index contributed by atoms with van der Waals surface area (Å²) in [6, 6.07) is 1.51. The molecule has 1 aromatic rings. The van der Waals surface area contributed by atoms with E-state index in [1.54, 1.807) is 12.3 Å². The molecule has 0 spiro atoms. The molecule has 1 amide bonds. The van der Waals surface area contributed by atoms with Gasteiger partial charge in [0.05, 0.1) is 16.8 Å². The third-order valence-electron chi connectivity index (χ3n) is 2.54. The minimum absolute atomic E-state index is 0.254. The number of amides is 1. The maximum absolute atomic E-state index is 11.8. The third-order valence-corrected chi connectivity index (χ3v) is 3.04. The molecule has 0 aliphatic carbocycles. The molecular formula is C14H20Cl2N2O2. The number of pyridine rings is 1. The number of nitrogens with zero attached hydrogens (tertiary/aromatic N) is 1. The molecule has 20 heavy (non-hydrogen) atoms. The number of hydrogen-bond donors (Lipinski definition) is 1. The number of halogens is 2. The second-order valence-corrected chi connectivity index (χ2v) is 6.14. The van der Waals surface area contributed by atoms with Crippen LogP contribution in [0.5, 0.6) is 0 Å². The zero-order valence-electron chi connectivity index (χ0n) is 12.2. The Hall–Kier alpha value is -1.000. The molecular weight excluding hydrogens is 299 g/mol. The van der Waals surface area contributed by atoms with E-state index in [1.807, 2.05) is 27.7 Å². The van der Waals surface area contributed by atoms with Crippen molar-refractivity contribution < 1.29 is 9.53 Å². The number of carbonyl (C=O) groups is 1. The lowest BCUT2D eigenvalue weighted by molar-refractivity contribution is 0.0501. The lowest BCUT2D eigenvalue weighted by Crippen LogP contribution is -2.35. The molecule has 0 aromatic carbocycles. The van der Waals surface area contributed by atoms with E-state index < -0.39 is 11.7 Å². The number of aromatic nitrogens is 1. The number of alkyl carbamates (subject to hydrolysis) is 1. The van der Waals surface area contributed by atoms with Crippen LogP contribution in [0.2, 0.25) is 5.02 Å². The van der Waals surface area contributed by atoms with Crippen LogP contribution in [0.25, 0.3) is 0 Å². The number of carbonyl (C=O) groups excluding carboxylic acids is 1. The molecule has 0 radical (unpaired) electrons. The van der Waals surface area contributed by atoms with Crippen molar-refractivity contribution in [1.29, 1.82) is 0 Å². The summed E-state index contributed by atoms with van der Waals surface area (Å²) < 4.78 is 5.25. The van der Waals surface area contributed by atoms with Crippen LogP contribution in [-0.2, 0) is 10.6 Å². The van der Waals surface area contributed by atoms with Gasteiger partial charge in [-0.05, 0) is 38.8 Å². The van der Waals surface area contributed by atoms with E-state index in [0.717, 1.165) is 11.3 Å². The van der Waals surface area contributed by atoms with E-state index in [-0.39, 0.29) is 11.9 Å². The highest BCUT2D eigenvalue weighted by Gasteiger charge is 2.22. The van der Waals surface area contributed by atoms with E-state index in [9.17, 15) is 4.79 Å². The van der Waals surface area contributed by atoms with E-state index in [2.05, 4.69) is 10.3 Å². The molecule has 6 heteroatoms. The van der Waals surface area contributed by atoms with E-state index in [0.29, 0.717) is 11.4 Å². The van der Waals surface area contributed by atoms with Gasteiger partial charge in [0.1, 0.15) is 5.60 Å². The van der Waals surface area contributed by atoms with Gasteiger partial charge in [-0.15, -0.1) is 11.6 Å². The van der Waals surface area contributed by atoms with Gasteiger partial charge in [-0.25, -0.2) is 4.79 Å². The van der Waals surface area contributed by atoms with E-state index in [4.69, 9.17) is 27.9 Å². The predicted octanol–water partition coefficient (Wildman–Crippen LogP) is 4.45. The Bertz CT molecular complexity index is 473. The average Bonchev–Trinajstić information content (AvgIpc) is 2.34. The molecule has 1 rings (SSSR count). The molecule has 0 saturated heterocycles. The quantitative estimate of drug-likeness (QED) is 0.834. The summed E-state index contributed by atoms with van der Waals surface area (Å²) in [4.78, 5) is 16.1. The third kappa shape index (κ3) is 5.17. The van der Waals surface area contributed by atoms with Crippen molar-refractivity contribution >= 4 is 29.3 Å². The minimum atomic E-state index is -0.537. The van der Waals surface area contributed by atoms with Gasteiger partial charge in [0.15, 0.2) is 0 Å². The number of nitrogens with one attached hydrogen (secondary N) is 1. The van der Waals surface area contributed by atoms with Gasteiger partial charge < -0.3 is 10.1 Å². The Morgan fingerprint density at radius 2 is 2.15 bits per heavy atom. The van der Waals surface area contributed by atoms with Crippen LogP contribution in [0.3, 0.4) is 0 Å². The summed E-state index contributed by atoms with van der Waals surface area (Å²) in [5.74, 6) is 0.287. The van der Waals surface area contributed by atoms with Crippen molar-refractivity contribution in [3.63, 3.8) is 0 Å². The first-order chi connectivity index (χ1) is 9.26. The molecule has 0 aliphatic rings. The molecule has 1 aromatic heterocycles. The second-order valence-electron chi connectivity index (χ2n) is 5.44. The van der Waals surface area contributed by atoms with Gasteiger partial charge in [-0.3, -0.25) is 4.98 Å². The van der Waals surface area contributed by atoms with E-state index >= 15 is 0 Å². The van der Waals surface area contributed by atoms with Crippen molar-refractivity contribution in [3.05, 3.63) is 28.5 Å². The molecule has 0 saturated carbocycles. The van der Waals surface area contributed by atoms with Crippen molar-refractivity contribution in [2.75, 3.05) is 0 Å². The second kappa shape index (κ2) is 7.14. The molecule has 1 heterocycles. The molecule has 0 unspecified atom stereocenters. The Morgan fingerprint density at radius 1 is 1.50 bits per heavy atom. The largest absolute Gasteiger partial charge is 0.444 e. The summed E-state index contributed by atoms with van der Waals surface area (Å²) in [6.07, 6.45) is 1.76. The maximum Gasteiger partial charge on any atom is 0.408 e. The first kappa shape index (κ1) is 17.1. The fourth-order valence-electron chi connectivity index (χ4n) is 1.73. The van der Waals surface area contributed by atoms with Crippen LogP contribution < -0.4 is 5.32 Å². The molecule has 112 valence electrons. The molecule has 1 N–H and O–H groups in total. The van der Waals surface area contributed by atoms with Crippen molar-refractivity contribution in [2.45, 2.75) is 51.6 Å².